The van der Waals surface area contributed by atoms with Crippen LogP contribution in [0.3, 0.4) is 0 Å². The lowest BCUT2D eigenvalue weighted by molar-refractivity contribution is 0.152. The van der Waals surface area contributed by atoms with E-state index < -0.39 is 0 Å². The first-order valence-electron chi connectivity index (χ1n) is 19.6. The van der Waals surface area contributed by atoms with Gasteiger partial charge in [0, 0.05) is 72.5 Å². The number of nitrogens with zero attached hydrogens (tertiary/aromatic N) is 6. The highest BCUT2D eigenvalue weighted by atomic mass is 16.5. The van der Waals surface area contributed by atoms with Crippen molar-refractivity contribution < 1.29 is 18.9 Å². The molecule has 10 heteroatoms. The molecule has 0 bridgehead atoms. The molecule has 4 aromatic carbocycles. The Morgan fingerprint density at radius 1 is 0.316 bits per heavy atom. The fourth-order valence-corrected chi connectivity index (χ4v) is 7.10. The summed E-state index contributed by atoms with van der Waals surface area (Å²) < 4.78 is 25.4. The molecular formula is C47H46N6O4. The smallest absolute Gasteiger partial charge is 0.145 e. The van der Waals surface area contributed by atoms with Gasteiger partial charge in [0.05, 0.1) is 0 Å². The normalized spacial score (nSPS) is 11.5. The third-order valence-electron chi connectivity index (χ3n) is 9.99. The number of pyridine rings is 4. The van der Waals surface area contributed by atoms with Gasteiger partial charge in [0.15, 0.2) is 0 Å². The number of rotatable bonds is 20. The summed E-state index contributed by atoms with van der Waals surface area (Å²) in [6.07, 6.45) is 8.15. The first-order chi connectivity index (χ1) is 28.3. The maximum atomic E-state index is 6.34. The minimum absolute atomic E-state index is 0.523. The van der Waals surface area contributed by atoms with Crippen molar-refractivity contribution in [2.75, 3.05) is 65.7 Å². The molecule has 0 amide bonds. The molecule has 0 aliphatic carbocycles. The second kappa shape index (κ2) is 19.0. The van der Waals surface area contributed by atoms with E-state index in [0.29, 0.717) is 26.4 Å². The number of ether oxygens (including phenoxy) is 4. The van der Waals surface area contributed by atoms with Gasteiger partial charge in [0.2, 0.25) is 0 Å². The Morgan fingerprint density at radius 3 is 0.860 bits per heavy atom. The van der Waals surface area contributed by atoms with Crippen LogP contribution >= 0.6 is 0 Å². The van der Waals surface area contributed by atoms with E-state index >= 15 is 0 Å². The van der Waals surface area contributed by atoms with Gasteiger partial charge in [-0.3, -0.25) is 29.7 Å². The molecule has 0 saturated heterocycles. The van der Waals surface area contributed by atoms with Crippen LogP contribution < -0.4 is 18.9 Å². The molecule has 0 aliphatic rings. The molecule has 0 aliphatic heterocycles. The Bertz CT molecular complexity index is 2170. The number of hydrogen-bond donors (Lipinski definition) is 0. The van der Waals surface area contributed by atoms with Crippen LogP contribution in [0.15, 0.2) is 146 Å². The highest BCUT2D eigenvalue weighted by Gasteiger charge is 2.13. The zero-order chi connectivity index (χ0) is 38.5. The average molecular weight is 759 g/mol. The molecular weight excluding hydrogens is 713 g/mol. The lowest BCUT2D eigenvalue weighted by Crippen LogP contribution is -2.37. The van der Waals surface area contributed by atoms with Gasteiger partial charge in [-0.25, -0.2) is 0 Å². The first-order valence-corrected chi connectivity index (χ1v) is 19.6. The fraction of sp³-hybridized carbons (Fsp3) is 0.234. The molecule has 4 heterocycles. The van der Waals surface area contributed by atoms with E-state index in [2.05, 4.69) is 78.3 Å². The van der Waals surface area contributed by atoms with E-state index in [1.807, 2.05) is 72.8 Å². The highest BCUT2D eigenvalue weighted by Crippen LogP contribution is 2.26. The molecule has 10 nitrogen and oxygen atoms in total. The molecule has 0 N–H and O–H groups in total. The zero-order valence-electron chi connectivity index (χ0n) is 32.0. The molecule has 0 spiro atoms. The summed E-state index contributed by atoms with van der Waals surface area (Å²) in [6, 6.07) is 40.2. The summed E-state index contributed by atoms with van der Waals surface area (Å²) in [4.78, 5) is 23.1. The quantitative estimate of drug-likeness (QED) is 0.0754. The Hall–Kier alpha value is -6.36. The summed E-state index contributed by atoms with van der Waals surface area (Å²) in [5.74, 6) is 3.17. The van der Waals surface area contributed by atoms with Crippen LogP contribution in [0.25, 0.3) is 43.6 Å². The second-order valence-corrected chi connectivity index (χ2v) is 13.8. The molecule has 4 aromatic heterocycles. The predicted molar refractivity (Wildman–Crippen MR) is 226 cm³/mol. The van der Waals surface area contributed by atoms with Crippen molar-refractivity contribution in [3.8, 4) is 23.0 Å². The van der Waals surface area contributed by atoms with E-state index in [0.717, 1.165) is 112 Å². The first kappa shape index (κ1) is 37.6. The van der Waals surface area contributed by atoms with Gasteiger partial charge >= 0.3 is 0 Å². The van der Waals surface area contributed by atoms with Gasteiger partial charge < -0.3 is 18.9 Å². The van der Waals surface area contributed by atoms with Crippen LogP contribution in [0.5, 0.6) is 23.0 Å². The second-order valence-electron chi connectivity index (χ2n) is 13.8. The molecule has 57 heavy (non-hydrogen) atoms. The molecule has 8 aromatic rings. The van der Waals surface area contributed by atoms with Gasteiger partial charge in [-0.05, 0) is 68.0 Å². The average Bonchev–Trinajstić information content (AvgIpc) is 3.26. The summed E-state index contributed by atoms with van der Waals surface area (Å²) in [7, 11) is 0. The Morgan fingerprint density at radius 2 is 0.579 bits per heavy atom. The minimum atomic E-state index is 0.523. The Balaban J connectivity index is 0.921. The van der Waals surface area contributed by atoms with Crippen LogP contribution in [0.1, 0.15) is 6.42 Å². The molecule has 288 valence electrons. The maximum absolute atomic E-state index is 6.34. The molecule has 0 fully saturated rings. The van der Waals surface area contributed by atoms with Gasteiger partial charge in [-0.2, -0.15) is 0 Å². The van der Waals surface area contributed by atoms with E-state index in [1.165, 1.54) is 0 Å². The highest BCUT2D eigenvalue weighted by molar-refractivity contribution is 5.86. The van der Waals surface area contributed by atoms with Crippen molar-refractivity contribution in [1.82, 2.24) is 29.7 Å². The lowest BCUT2D eigenvalue weighted by Gasteiger charge is -2.26. The Labute approximate surface area is 332 Å². The standard InChI is InChI=1S/C47H46N6O4/c1-10-36-14-5-22-48-44(36)40(18-1)54-32-28-52(29-33-55-41-19-2-11-37-15-6-23-49-45(37)41)26-9-27-53(30-34-56-42-20-3-12-38-16-7-24-50-46(38)42)31-35-57-43-21-4-13-39-17-8-25-51-47(39)43/h1-8,10-25H,9,26-35H2. The fourth-order valence-electron chi connectivity index (χ4n) is 7.10. The largest absolute Gasteiger partial charge is 0.490 e. The SMILES string of the molecule is c1cnc2c(OCCN(CCCN(CCOc3cccc4cccnc34)CCOc3cccc4cccnc34)CCOc3cccc4cccnc34)cccc2c1. The molecule has 0 saturated carbocycles. The van der Waals surface area contributed by atoms with E-state index in [4.69, 9.17) is 18.9 Å². The number of para-hydroxylation sites is 4. The number of hydrogen-bond acceptors (Lipinski definition) is 10. The predicted octanol–water partition coefficient (Wildman–Crippen LogP) is 8.49. The van der Waals surface area contributed by atoms with Crippen LogP contribution in [0.2, 0.25) is 0 Å². The number of benzene rings is 4. The van der Waals surface area contributed by atoms with Crippen molar-refractivity contribution in [1.29, 1.82) is 0 Å². The van der Waals surface area contributed by atoms with Crippen molar-refractivity contribution in [2.24, 2.45) is 0 Å². The molecule has 0 unspecified atom stereocenters. The summed E-state index contributed by atoms with van der Waals surface area (Å²) in [6.45, 7) is 6.72. The van der Waals surface area contributed by atoms with Gasteiger partial charge in [-0.1, -0.05) is 72.8 Å². The van der Waals surface area contributed by atoms with Crippen molar-refractivity contribution in [3.63, 3.8) is 0 Å². The third-order valence-corrected chi connectivity index (χ3v) is 9.99. The van der Waals surface area contributed by atoms with Crippen LogP contribution in [-0.2, 0) is 0 Å². The molecule has 0 atom stereocenters. The minimum Gasteiger partial charge on any atom is -0.490 e. The topological polar surface area (TPSA) is 95.0 Å². The van der Waals surface area contributed by atoms with Crippen LogP contribution in [-0.4, -0.2) is 95.4 Å². The molecule has 0 radical (unpaired) electrons. The summed E-state index contributed by atoms with van der Waals surface area (Å²) in [5.41, 5.74) is 3.49. The summed E-state index contributed by atoms with van der Waals surface area (Å²) >= 11 is 0. The van der Waals surface area contributed by atoms with E-state index in [1.54, 1.807) is 24.8 Å². The van der Waals surface area contributed by atoms with Gasteiger partial charge in [0.1, 0.15) is 71.5 Å². The zero-order valence-corrected chi connectivity index (χ0v) is 32.0. The van der Waals surface area contributed by atoms with E-state index in [-0.39, 0.29) is 0 Å². The summed E-state index contributed by atoms with van der Waals surface area (Å²) in [5, 5.41) is 4.24. The van der Waals surface area contributed by atoms with Gasteiger partial charge in [0.25, 0.3) is 0 Å². The van der Waals surface area contributed by atoms with Crippen LogP contribution in [0.4, 0.5) is 0 Å². The number of fused-ring (bicyclic) bond motifs is 4. The number of aromatic nitrogens is 4. The van der Waals surface area contributed by atoms with Crippen LogP contribution in [0, 0.1) is 0 Å². The van der Waals surface area contributed by atoms with E-state index in [9.17, 15) is 0 Å². The van der Waals surface area contributed by atoms with Gasteiger partial charge in [-0.15, -0.1) is 0 Å². The maximum Gasteiger partial charge on any atom is 0.145 e. The van der Waals surface area contributed by atoms with Crippen molar-refractivity contribution >= 4 is 43.6 Å². The Kier molecular flexibility index (Phi) is 12.5. The van der Waals surface area contributed by atoms with Crippen molar-refractivity contribution in [2.45, 2.75) is 6.42 Å². The molecule has 8 rings (SSSR count). The lowest BCUT2D eigenvalue weighted by atomic mass is 10.2. The monoisotopic (exact) mass is 758 g/mol. The third kappa shape index (κ3) is 9.72. The van der Waals surface area contributed by atoms with Crippen molar-refractivity contribution in [3.05, 3.63) is 146 Å².